The van der Waals surface area contributed by atoms with E-state index >= 15 is 0 Å². The van der Waals surface area contributed by atoms with Gasteiger partial charge < -0.3 is 4.52 Å². The van der Waals surface area contributed by atoms with Crippen LogP contribution in [-0.4, -0.2) is 16.4 Å². The van der Waals surface area contributed by atoms with E-state index in [1.807, 2.05) is 22.6 Å². The number of aromatic nitrogens is 2. The van der Waals surface area contributed by atoms with Crippen molar-refractivity contribution < 1.29 is 4.52 Å². The first-order valence-electron chi connectivity index (χ1n) is 1.79. The quantitative estimate of drug-likeness (QED) is 0.535. The van der Waals surface area contributed by atoms with Crippen molar-refractivity contribution in [3.05, 3.63) is 3.90 Å². The first-order chi connectivity index (χ1) is 3.83. The van der Waals surface area contributed by atoms with Crippen molar-refractivity contribution in [3.8, 4) is 0 Å². The molecule has 0 amide bonds. The van der Waals surface area contributed by atoms with Crippen LogP contribution in [0.25, 0.3) is 0 Å². The van der Waals surface area contributed by atoms with Crippen LogP contribution >= 0.6 is 30.8 Å². The molecule has 0 aliphatic carbocycles. The van der Waals surface area contributed by atoms with Crippen molar-refractivity contribution in [2.45, 2.75) is 0 Å². The summed E-state index contributed by atoms with van der Waals surface area (Å²) in [6.45, 7) is 0. The molecule has 42 valence electrons. The molecule has 1 heterocycles. The van der Waals surface area contributed by atoms with E-state index in [2.05, 4.69) is 21.0 Å². The third-order valence-corrected chi connectivity index (χ3v) is 1.43. The molecule has 0 atom stereocenters. The fraction of sp³-hybridized carbons (Fsp3) is 0. The Morgan fingerprint density at radius 3 is 2.75 bits per heavy atom. The summed E-state index contributed by atoms with van der Waals surface area (Å²) in [5.41, 5.74) is 0.634. The molecule has 5 heteroatoms. The maximum Gasteiger partial charge on any atom is 0.287 e. The van der Waals surface area contributed by atoms with Crippen LogP contribution in [0.5, 0.6) is 0 Å². The zero-order chi connectivity index (χ0) is 5.98. The van der Waals surface area contributed by atoms with Crippen LogP contribution in [0.4, 0.5) is 0 Å². The largest absolute Gasteiger partial charge is 0.327 e. The molecule has 0 fully saturated rings. The van der Waals surface area contributed by atoms with E-state index in [-0.39, 0.29) is 0 Å². The monoisotopic (exact) mass is 240 g/mol. The Labute approximate surface area is 61.4 Å². The Hall–Kier alpha value is 0.0400. The highest BCUT2D eigenvalue weighted by Gasteiger charge is 1.95. The highest BCUT2D eigenvalue weighted by atomic mass is 127. The predicted molar refractivity (Wildman–Crippen MR) is 40.7 cm³/mol. The molecule has 1 aromatic rings. The maximum atomic E-state index is 4.63. The van der Waals surface area contributed by atoms with Gasteiger partial charge in [0.1, 0.15) is 0 Å². The first kappa shape index (κ1) is 6.16. The standard InChI is InChI=1S/C3H2IN2OP/c1-8-3-5-2(4)7-6-3/h1H2. The average molecular weight is 240 g/mol. The van der Waals surface area contributed by atoms with Gasteiger partial charge in [0.25, 0.3) is 3.90 Å². The fourth-order valence-electron chi connectivity index (χ4n) is 0.262. The lowest BCUT2D eigenvalue weighted by atomic mass is 11.3. The maximum absolute atomic E-state index is 4.63. The summed E-state index contributed by atoms with van der Waals surface area (Å²) in [5, 5.41) is 3.57. The van der Waals surface area contributed by atoms with E-state index in [9.17, 15) is 0 Å². The second kappa shape index (κ2) is 2.55. The Morgan fingerprint density at radius 2 is 2.50 bits per heavy atom. The van der Waals surface area contributed by atoms with Crippen molar-refractivity contribution in [2.24, 2.45) is 0 Å². The van der Waals surface area contributed by atoms with Gasteiger partial charge in [-0.1, -0.05) is 11.5 Å². The van der Waals surface area contributed by atoms with Crippen molar-refractivity contribution in [3.63, 3.8) is 0 Å². The van der Waals surface area contributed by atoms with Crippen LogP contribution in [0.3, 0.4) is 0 Å². The second-order valence-corrected chi connectivity index (χ2v) is 2.64. The molecule has 0 saturated heterocycles. The number of hydrogen-bond acceptors (Lipinski definition) is 3. The number of halogens is 1. The molecule has 0 N–H and O–H groups in total. The van der Waals surface area contributed by atoms with Crippen molar-refractivity contribution in [2.75, 3.05) is 0 Å². The summed E-state index contributed by atoms with van der Waals surface area (Å²) in [6.07, 6.45) is 3.55. The lowest BCUT2D eigenvalue weighted by Gasteiger charge is -1.65. The van der Waals surface area contributed by atoms with E-state index in [0.717, 1.165) is 8.20 Å². The average Bonchev–Trinajstić information content (AvgIpc) is 2.14. The van der Waals surface area contributed by atoms with Crippen molar-refractivity contribution in [1.29, 1.82) is 0 Å². The smallest absolute Gasteiger partial charge is 0.287 e. The van der Waals surface area contributed by atoms with Gasteiger partial charge in [0.2, 0.25) is 5.57 Å². The first-order valence-corrected chi connectivity index (χ1v) is 3.94. The molecule has 0 saturated carbocycles. The summed E-state index contributed by atoms with van der Waals surface area (Å²) in [6, 6.07) is 0. The van der Waals surface area contributed by atoms with Gasteiger partial charge in [-0.25, -0.2) is 0 Å². The zero-order valence-electron chi connectivity index (χ0n) is 3.83. The molecule has 0 aliphatic heterocycles. The van der Waals surface area contributed by atoms with Crippen LogP contribution in [0.15, 0.2) is 4.52 Å². The third kappa shape index (κ3) is 1.26. The number of hydrogen-bond donors (Lipinski definition) is 0. The molecule has 3 nitrogen and oxygen atoms in total. The SMILES string of the molecule is C=Pc1noc(I)n1. The highest BCUT2D eigenvalue weighted by Crippen LogP contribution is 1.96. The van der Waals surface area contributed by atoms with Crippen LogP contribution in [0, 0.1) is 3.90 Å². The topological polar surface area (TPSA) is 38.9 Å². The molecule has 8 heavy (non-hydrogen) atoms. The molecule has 0 spiro atoms. The van der Waals surface area contributed by atoms with Gasteiger partial charge in [-0.15, -0.1) is 0 Å². The minimum Gasteiger partial charge on any atom is -0.327 e. The number of rotatable bonds is 1. The highest BCUT2D eigenvalue weighted by molar-refractivity contribution is 14.1. The minimum absolute atomic E-state index is 0.564. The Balaban J connectivity index is 3.00. The van der Waals surface area contributed by atoms with Crippen LogP contribution in [0.1, 0.15) is 0 Å². The van der Waals surface area contributed by atoms with Crippen LogP contribution < -0.4 is 5.57 Å². The zero-order valence-corrected chi connectivity index (χ0v) is 6.89. The van der Waals surface area contributed by atoms with Gasteiger partial charge in [-0.3, -0.25) is 0 Å². The molecule has 0 aliphatic rings. The molecule has 1 rings (SSSR count). The van der Waals surface area contributed by atoms with Gasteiger partial charge in [-0.05, 0) is 8.20 Å². The lowest BCUT2D eigenvalue weighted by Crippen LogP contribution is -1.93. The molecular weight excluding hydrogens is 238 g/mol. The lowest BCUT2D eigenvalue weighted by molar-refractivity contribution is 0.396. The Morgan fingerprint density at radius 1 is 1.75 bits per heavy atom. The molecule has 0 unspecified atom stereocenters. The van der Waals surface area contributed by atoms with Crippen molar-refractivity contribution in [1.82, 2.24) is 10.1 Å². The van der Waals surface area contributed by atoms with Gasteiger partial charge in [0.15, 0.2) is 0 Å². The van der Waals surface area contributed by atoms with E-state index < -0.39 is 0 Å². The molecule has 0 aromatic carbocycles. The summed E-state index contributed by atoms with van der Waals surface area (Å²) in [5.74, 6) is 0. The third-order valence-electron chi connectivity index (χ3n) is 0.532. The molecule has 0 bridgehead atoms. The molecular formula is C3H2IN2OP. The molecule has 0 radical (unpaired) electrons. The Kier molecular flexibility index (Phi) is 1.96. The van der Waals surface area contributed by atoms with E-state index in [1.165, 1.54) is 0 Å². The fourth-order valence-corrected chi connectivity index (χ4v) is 1.04. The molecule has 1 aromatic heterocycles. The Bertz CT molecular complexity index is 199. The summed E-state index contributed by atoms with van der Waals surface area (Å²) < 4.78 is 5.20. The van der Waals surface area contributed by atoms with E-state index in [4.69, 9.17) is 0 Å². The second-order valence-electron chi connectivity index (χ2n) is 1.01. The summed E-state index contributed by atoms with van der Waals surface area (Å²) in [7, 11) is 0.799. The summed E-state index contributed by atoms with van der Waals surface area (Å²) >= 11 is 1.95. The van der Waals surface area contributed by atoms with Gasteiger partial charge in [0.05, 0.1) is 0 Å². The van der Waals surface area contributed by atoms with Gasteiger partial charge in [-0.2, -0.15) is 4.98 Å². The van der Waals surface area contributed by atoms with Crippen LogP contribution in [-0.2, 0) is 0 Å². The van der Waals surface area contributed by atoms with E-state index in [1.54, 1.807) is 0 Å². The summed E-state index contributed by atoms with van der Waals surface area (Å²) in [4.78, 5) is 3.86. The normalized spacial score (nSPS) is 10.1. The van der Waals surface area contributed by atoms with Gasteiger partial charge in [0, 0.05) is 22.6 Å². The van der Waals surface area contributed by atoms with Crippen molar-refractivity contribution >= 4 is 42.7 Å². The number of nitrogens with zero attached hydrogens (tertiary/aromatic N) is 2. The minimum atomic E-state index is 0.564. The van der Waals surface area contributed by atoms with Gasteiger partial charge >= 0.3 is 0 Å². The van der Waals surface area contributed by atoms with Crippen LogP contribution in [0.2, 0.25) is 0 Å². The van der Waals surface area contributed by atoms with E-state index in [0.29, 0.717) is 9.46 Å². The predicted octanol–water partition coefficient (Wildman–Crippen LogP) is 0.678.